The van der Waals surface area contributed by atoms with Crippen LogP contribution in [0.2, 0.25) is 0 Å². The first kappa shape index (κ1) is 17.7. The van der Waals surface area contributed by atoms with Crippen LogP contribution in [0, 0.1) is 0 Å². The van der Waals surface area contributed by atoms with Crippen molar-refractivity contribution in [2.24, 2.45) is 0 Å². The van der Waals surface area contributed by atoms with Crippen LogP contribution in [0.5, 0.6) is 0 Å². The molecule has 1 saturated heterocycles. The van der Waals surface area contributed by atoms with Crippen LogP contribution in [0.25, 0.3) is 0 Å². The maximum absolute atomic E-state index is 12.0. The van der Waals surface area contributed by atoms with Gasteiger partial charge in [0.1, 0.15) is 6.54 Å². The van der Waals surface area contributed by atoms with Crippen molar-refractivity contribution >= 4 is 5.97 Å². The molecule has 5 nitrogen and oxygen atoms in total. The first-order valence-electron chi connectivity index (χ1n) is 9.10. The van der Waals surface area contributed by atoms with Crippen molar-refractivity contribution in [2.45, 2.75) is 38.6 Å². The lowest BCUT2D eigenvalue weighted by molar-refractivity contribution is -0.144. The predicted molar refractivity (Wildman–Crippen MR) is 97.6 cm³/mol. The van der Waals surface area contributed by atoms with Gasteiger partial charge in [-0.15, -0.1) is 0 Å². The molecular formula is C20H27N3O2. The number of nitrogens with zero attached hydrogens (tertiary/aromatic N) is 3. The lowest BCUT2D eigenvalue weighted by atomic mass is 9.93. The Morgan fingerprint density at radius 2 is 1.96 bits per heavy atom. The second kappa shape index (κ2) is 8.30. The third-order valence-electron chi connectivity index (χ3n) is 4.81. The molecule has 0 aliphatic carbocycles. The van der Waals surface area contributed by atoms with Gasteiger partial charge in [-0.1, -0.05) is 30.3 Å². The van der Waals surface area contributed by atoms with E-state index in [9.17, 15) is 4.79 Å². The molecule has 2 aromatic rings. The van der Waals surface area contributed by atoms with E-state index in [0.29, 0.717) is 12.5 Å². The zero-order valence-electron chi connectivity index (χ0n) is 15.1. The molecule has 0 spiro atoms. The van der Waals surface area contributed by atoms with Crippen molar-refractivity contribution in [3.05, 3.63) is 53.3 Å². The summed E-state index contributed by atoms with van der Waals surface area (Å²) in [6, 6.07) is 12.5. The van der Waals surface area contributed by atoms with Crippen molar-refractivity contribution in [1.29, 1.82) is 0 Å². The summed E-state index contributed by atoms with van der Waals surface area (Å²) in [5.74, 6) is 0.244. The number of carbonyl (C=O) groups is 1. The molecule has 5 heteroatoms. The molecule has 0 bridgehead atoms. The molecular weight excluding hydrogens is 314 g/mol. The molecule has 1 fully saturated rings. The number of benzene rings is 1. The zero-order valence-corrected chi connectivity index (χ0v) is 15.1. The van der Waals surface area contributed by atoms with Gasteiger partial charge >= 0.3 is 5.97 Å². The highest BCUT2D eigenvalue weighted by Crippen LogP contribution is 2.28. The van der Waals surface area contributed by atoms with E-state index in [1.54, 1.807) is 0 Å². The normalized spacial score (nSPS) is 16.1. The summed E-state index contributed by atoms with van der Waals surface area (Å²) in [6.45, 7) is 4.61. The molecule has 134 valence electrons. The first-order valence-corrected chi connectivity index (χ1v) is 9.10. The van der Waals surface area contributed by atoms with E-state index < -0.39 is 0 Å². The van der Waals surface area contributed by atoms with Crippen LogP contribution < -0.4 is 0 Å². The number of carbonyl (C=O) groups excluding carboxylic acids is 1. The summed E-state index contributed by atoms with van der Waals surface area (Å²) in [5.41, 5.74) is 3.43. The van der Waals surface area contributed by atoms with Crippen molar-refractivity contribution in [1.82, 2.24) is 14.7 Å². The Hall–Kier alpha value is -2.14. The Bertz CT molecular complexity index is 688. The SMILES string of the molecule is CCOC(=O)Cn1nc(Cc2ccccc2)cc1C1CCN(C)CC1. The first-order chi connectivity index (χ1) is 12.2. The average Bonchev–Trinajstić information content (AvgIpc) is 2.99. The van der Waals surface area contributed by atoms with Crippen LogP contribution in [0.3, 0.4) is 0 Å². The molecule has 25 heavy (non-hydrogen) atoms. The Kier molecular flexibility index (Phi) is 5.87. The van der Waals surface area contributed by atoms with Crippen molar-refractivity contribution in [3.8, 4) is 0 Å². The second-order valence-electron chi connectivity index (χ2n) is 6.76. The number of hydrogen-bond donors (Lipinski definition) is 0. The number of aromatic nitrogens is 2. The van der Waals surface area contributed by atoms with Crippen LogP contribution in [-0.2, 0) is 22.5 Å². The van der Waals surface area contributed by atoms with Crippen molar-refractivity contribution in [2.75, 3.05) is 26.7 Å². The van der Waals surface area contributed by atoms with Gasteiger partial charge in [0, 0.05) is 18.0 Å². The van der Waals surface area contributed by atoms with Gasteiger partial charge in [-0.2, -0.15) is 5.10 Å². The highest BCUT2D eigenvalue weighted by molar-refractivity contribution is 5.69. The van der Waals surface area contributed by atoms with E-state index >= 15 is 0 Å². The van der Waals surface area contributed by atoms with Crippen LogP contribution in [0.1, 0.15) is 42.6 Å². The van der Waals surface area contributed by atoms with E-state index in [4.69, 9.17) is 9.84 Å². The van der Waals surface area contributed by atoms with Gasteiger partial charge in [0.15, 0.2) is 0 Å². The minimum Gasteiger partial charge on any atom is -0.465 e. The number of ether oxygens (including phenoxy) is 1. The second-order valence-corrected chi connectivity index (χ2v) is 6.76. The number of esters is 1. The Morgan fingerprint density at radius 3 is 2.64 bits per heavy atom. The summed E-state index contributed by atoms with van der Waals surface area (Å²) in [7, 11) is 2.16. The lowest BCUT2D eigenvalue weighted by Gasteiger charge is -2.29. The Labute approximate surface area is 149 Å². The van der Waals surface area contributed by atoms with E-state index in [-0.39, 0.29) is 12.5 Å². The monoisotopic (exact) mass is 341 g/mol. The standard InChI is InChI=1S/C20H27N3O2/c1-3-25-20(24)15-23-19(17-9-11-22(2)12-10-17)14-18(21-23)13-16-7-5-4-6-8-16/h4-8,14,17H,3,9-13,15H2,1-2H3. The van der Waals surface area contributed by atoms with Gasteiger partial charge in [-0.3, -0.25) is 9.48 Å². The largest absolute Gasteiger partial charge is 0.465 e. The third kappa shape index (κ3) is 4.69. The summed E-state index contributed by atoms with van der Waals surface area (Å²) < 4.78 is 6.99. The smallest absolute Gasteiger partial charge is 0.327 e. The zero-order chi connectivity index (χ0) is 17.6. The predicted octanol–water partition coefficient (Wildman–Crippen LogP) is 2.85. The molecule has 0 unspecified atom stereocenters. The van der Waals surface area contributed by atoms with E-state index in [0.717, 1.165) is 38.0 Å². The van der Waals surface area contributed by atoms with Crippen LogP contribution in [0.4, 0.5) is 0 Å². The molecule has 0 amide bonds. The van der Waals surface area contributed by atoms with Gasteiger partial charge in [0.25, 0.3) is 0 Å². The van der Waals surface area contributed by atoms with Gasteiger partial charge < -0.3 is 9.64 Å². The molecule has 0 saturated carbocycles. The molecule has 1 aliphatic rings. The van der Waals surface area contributed by atoms with Crippen LogP contribution in [0.15, 0.2) is 36.4 Å². The van der Waals surface area contributed by atoms with Crippen LogP contribution in [-0.4, -0.2) is 47.4 Å². The summed E-state index contributed by atoms with van der Waals surface area (Å²) in [4.78, 5) is 14.3. The maximum Gasteiger partial charge on any atom is 0.327 e. The molecule has 0 radical (unpaired) electrons. The fourth-order valence-electron chi connectivity index (χ4n) is 3.47. The highest BCUT2D eigenvalue weighted by Gasteiger charge is 2.24. The van der Waals surface area contributed by atoms with Crippen molar-refractivity contribution < 1.29 is 9.53 Å². The van der Waals surface area contributed by atoms with Crippen LogP contribution >= 0.6 is 0 Å². The molecule has 0 atom stereocenters. The number of piperidine rings is 1. The van der Waals surface area contributed by atoms with E-state index in [1.807, 2.05) is 29.8 Å². The molecule has 2 heterocycles. The number of likely N-dealkylation sites (tertiary alicyclic amines) is 1. The molecule has 1 aromatic carbocycles. The van der Waals surface area contributed by atoms with E-state index in [2.05, 4.69) is 30.1 Å². The fraction of sp³-hybridized carbons (Fsp3) is 0.500. The molecule has 0 N–H and O–H groups in total. The Balaban J connectivity index is 1.81. The number of hydrogen-bond acceptors (Lipinski definition) is 4. The topological polar surface area (TPSA) is 47.4 Å². The van der Waals surface area contributed by atoms with Gasteiger partial charge in [0.2, 0.25) is 0 Å². The van der Waals surface area contributed by atoms with Gasteiger partial charge in [0.05, 0.1) is 12.3 Å². The van der Waals surface area contributed by atoms with Gasteiger partial charge in [-0.05, 0) is 51.5 Å². The number of rotatable bonds is 6. The molecule has 1 aliphatic heterocycles. The molecule has 1 aromatic heterocycles. The van der Waals surface area contributed by atoms with Gasteiger partial charge in [-0.25, -0.2) is 0 Å². The van der Waals surface area contributed by atoms with E-state index in [1.165, 1.54) is 11.3 Å². The molecule has 3 rings (SSSR count). The van der Waals surface area contributed by atoms with Crippen molar-refractivity contribution in [3.63, 3.8) is 0 Å². The minimum absolute atomic E-state index is 0.199. The maximum atomic E-state index is 12.0. The fourth-order valence-corrected chi connectivity index (χ4v) is 3.47. The highest BCUT2D eigenvalue weighted by atomic mass is 16.5. The third-order valence-corrected chi connectivity index (χ3v) is 4.81. The summed E-state index contributed by atoms with van der Waals surface area (Å²) >= 11 is 0. The minimum atomic E-state index is -0.217. The average molecular weight is 341 g/mol. The Morgan fingerprint density at radius 1 is 1.24 bits per heavy atom. The quantitative estimate of drug-likeness (QED) is 0.758. The summed E-state index contributed by atoms with van der Waals surface area (Å²) in [5, 5.41) is 4.72. The lowest BCUT2D eigenvalue weighted by Crippen LogP contribution is -2.30. The summed E-state index contributed by atoms with van der Waals surface area (Å²) in [6.07, 6.45) is 3.00.